The number of carboxylic acid groups (broad SMARTS) is 1. The molecule has 1 rings (SSSR count). The molecule has 0 radical (unpaired) electrons. The number of hydrogen-bond donors (Lipinski definition) is 2. The summed E-state index contributed by atoms with van der Waals surface area (Å²) in [5.74, 6) is -1.09. The highest BCUT2D eigenvalue weighted by Gasteiger charge is 2.30. The van der Waals surface area contributed by atoms with Crippen LogP contribution in [0.25, 0.3) is 0 Å². The van der Waals surface area contributed by atoms with Gasteiger partial charge in [0.05, 0.1) is 0 Å². The van der Waals surface area contributed by atoms with Crippen LogP contribution >= 0.6 is 27.5 Å². The molecule has 5 heteroatoms. The number of hydrogen-bond acceptors (Lipinski definition) is 2. The lowest BCUT2D eigenvalue weighted by molar-refractivity contribution is -0.143. The van der Waals surface area contributed by atoms with Gasteiger partial charge in [0, 0.05) is 9.50 Å². The van der Waals surface area contributed by atoms with Gasteiger partial charge in [0.15, 0.2) is 0 Å². The van der Waals surface area contributed by atoms with Crippen LogP contribution in [0.15, 0.2) is 22.7 Å². The Kier molecular flexibility index (Phi) is 3.19. The summed E-state index contributed by atoms with van der Waals surface area (Å²) in [7, 11) is 0. The lowest BCUT2D eigenvalue weighted by Crippen LogP contribution is -2.41. The van der Waals surface area contributed by atoms with Gasteiger partial charge in [-0.25, -0.2) is 4.79 Å². The van der Waals surface area contributed by atoms with Gasteiger partial charge in [-0.3, -0.25) is 0 Å². The van der Waals surface area contributed by atoms with Crippen molar-refractivity contribution in [3.63, 3.8) is 0 Å². The molecule has 0 aliphatic carbocycles. The summed E-state index contributed by atoms with van der Waals surface area (Å²) < 4.78 is 0.706. The number of halogens is 2. The minimum absolute atomic E-state index is 0.451. The number of nitrogens with two attached hydrogens (primary N) is 1. The van der Waals surface area contributed by atoms with E-state index >= 15 is 0 Å². The van der Waals surface area contributed by atoms with Crippen LogP contribution in [0.2, 0.25) is 5.02 Å². The molecule has 0 spiro atoms. The molecule has 0 amide bonds. The van der Waals surface area contributed by atoms with Crippen molar-refractivity contribution in [2.45, 2.75) is 12.5 Å². The van der Waals surface area contributed by atoms with Crippen molar-refractivity contribution in [1.82, 2.24) is 0 Å². The normalized spacial score (nSPS) is 14.9. The number of benzene rings is 1. The molecular weight excluding hydrogens is 269 g/mol. The highest BCUT2D eigenvalue weighted by atomic mass is 79.9. The fourth-order valence-corrected chi connectivity index (χ4v) is 1.84. The van der Waals surface area contributed by atoms with E-state index < -0.39 is 11.5 Å². The summed E-state index contributed by atoms with van der Waals surface area (Å²) in [4.78, 5) is 10.9. The Bertz CT molecular complexity index is 359. The van der Waals surface area contributed by atoms with E-state index in [0.717, 1.165) is 0 Å². The fraction of sp³-hybridized carbons (Fsp3) is 0.222. The third-order valence-corrected chi connectivity index (χ3v) is 2.58. The number of carbonyl (C=O) groups is 1. The molecule has 0 aliphatic heterocycles. The fourth-order valence-electron chi connectivity index (χ4n) is 0.977. The predicted molar refractivity (Wildman–Crippen MR) is 58.3 cm³/mol. The molecule has 76 valence electrons. The molecule has 1 aromatic rings. The average Bonchev–Trinajstić information content (AvgIpc) is 2.01. The minimum atomic E-state index is -1.42. The molecule has 3 nitrogen and oxygen atoms in total. The van der Waals surface area contributed by atoms with E-state index in [-0.39, 0.29) is 0 Å². The molecule has 14 heavy (non-hydrogen) atoms. The van der Waals surface area contributed by atoms with Crippen molar-refractivity contribution < 1.29 is 9.90 Å². The van der Waals surface area contributed by atoms with Crippen molar-refractivity contribution in [3.05, 3.63) is 33.3 Å². The van der Waals surface area contributed by atoms with Gasteiger partial charge in [-0.1, -0.05) is 27.5 Å². The lowest BCUT2D eigenvalue weighted by Gasteiger charge is -2.20. The molecule has 0 fully saturated rings. The van der Waals surface area contributed by atoms with Gasteiger partial charge in [0.2, 0.25) is 0 Å². The van der Waals surface area contributed by atoms with Crippen LogP contribution in [-0.4, -0.2) is 11.1 Å². The first-order valence-electron chi connectivity index (χ1n) is 3.83. The summed E-state index contributed by atoms with van der Waals surface area (Å²) in [6.07, 6.45) is 0. The first kappa shape index (κ1) is 11.5. The van der Waals surface area contributed by atoms with Crippen molar-refractivity contribution in [1.29, 1.82) is 0 Å². The smallest absolute Gasteiger partial charge is 0.328 e. The van der Waals surface area contributed by atoms with Gasteiger partial charge in [-0.15, -0.1) is 0 Å². The highest BCUT2D eigenvalue weighted by Crippen LogP contribution is 2.26. The first-order chi connectivity index (χ1) is 6.34. The number of rotatable bonds is 2. The third kappa shape index (κ3) is 2.26. The standard InChI is InChI=1S/C9H9BrClNO2/c1-9(12,8(13)14)5-2-6(10)4-7(11)3-5/h2-4H,12H2,1H3,(H,13,14). The van der Waals surface area contributed by atoms with Crippen LogP contribution in [0.1, 0.15) is 12.5 Å². The maximum atomic E-state index is 10.9. The first-order valence-corrected chi connectivity index (χ1v) is 5.00. The molecule has 1 atom stereocenters. The molecule has 0 saturated carbocycles. The minimum Gasteiger partial charge on any atom is -0.480 e. The van der Waals surface area contributed by atoms with Crippen molar-refractivity contribution in [3.8, 4) is 0 Å². The zero-order valence-corrected chi connectivity index (χ0v) is 9.76. The van der Waals surface area contributed by atoms with Gasteiger partial charge in [-0.05, 0) is 30.7 Å². The Morgan fingerprint density at radius 3 is 2.57 bits per heavy atom. The molecule has 0 bridgehead atoms. The largest absolute Gasteiger partial charge is 0.480 e. The van der Waals surface area contributed by atoms with Crippen LogP contribution in [0.3, 0.4) is 0 Å². The number of carboxylic acids is 1. The number of aliphatic carboxylic acids is 1. The molecule has 0 aromatic heterocycles. The van der Waals surface area contributed by atoms with Crippen molar-refractivity contribution >= 4 is 33.5 Å². The van der Waals surface area contributed by atoms with Crippen molar-refractivity contribution in [2.24, 2.45) is 5.73 Å². The molecule has 1 unspecified atom stereocenters. The second-order valence-electron chi connectivity index (χ2n) is 3.17. The summed E-state index contributed by atoms with van der Waals surface area (Å²) in [5, 5.41) is 9.34. The van der Waals surface area contributed by atoms with Gasteiger partial charge in [0.1, 0.15) is 5.54 Å². The Labute approximate surface area is 95.0 Å². The SMILES string of the molecule is CC(N)(C(=O)O)c1cc(Cl)cc(Br)c1. The Morgan fingerprint density at radius 1 is 1.57 bits per heavy atom. The topological polar surface area (TPSA) is 63.3 Å². The van der Waals surface area contributed by atoms with Crippen LogP contribution in [0, 0.1) is 0 Å². The summed E-state index contributed by atoms with van der Waals surface area (Å²) in [6.45, 7) is 1.42. The molecule has 0 heterocycles. The summed E-state index contributed by atoms with van der Waals surface area (Å²) >= 11 is 9.00. The Balaban J connectivity index is 3.25. The van der Waals surface area contributed by atoms with E-state index in [2.05, 4.69) is 15.9 Å². The molecule has 1 aromatic carbocycles. The Hall–Kier alpha value is -0.580. The van der Waals surface area contributed by atoms with E-state index in [1.165, 1.54) is 6.92 Å². The van der Waals surface area contributed by atoms with Crippen LogP contribution < -0.4 is 5.73 Å². The van der Waals surface area contributed by atoms with Crippen molar-refractivity contribution in [2.75, 3.05) is 0 Å². The molecule has 0 aliphatic rings. The summed E-state index contributed by atoms with van der Waals surface area (Å²) in [6, 6.07) is 4.85. The van der Waals surface area contributed by atoms with E-state index in [1.54, 1.807) is 18.2 Å². The molecular formula is C9H9BrClNO2. The lowest BCUT2D eigenvalue weighted by atomic mass is 9.94. The van der Waals surface area contributed by atoms with E-state index in [4.69, 9.17) is 22.4 Å². The van der Waals surface area contributed by atoms with Gasteiger partial charge in [0.25, 0.3) is 0 Å². The maximum Gasteiger partial charge on any atom is 0.328 e. The average molecular weight is 279 g/mol. The zero-order chi connectivity index (χ0) is 10.9. The zero-order valence-electron chi connectivity index (χ0n) is 7.42. The Morgan fingerprint density at radius 2 is 2.14 bits per heavy atom. The third-order valence-electron chi connectivity index (χ3n) is 1.91. The van der Waals surface area contributed by atoms with Crippen LogP contribution in [0.5, 0.6) is 0 Å². The summed E-state index contributed by atoms with van der Waals surface area (Å²) in [5.41, 5.74) is 4.68. The van der Waals surface area contributed by atoms with Gasteiger partial charge < -0.3 is 10.8 Å². The van der Waals surface area contributed by atoms with Crippen LogP contribution in [0.4, 0.5) is 0 Å². The monoisotopic (exact) mass is 277 g/mol. The predicted octanol–water partition coefficient (Wildman–Crippen LogP) is 2.36. The second kappa shape index (κ2) is 3.88. The van der Waals surface area contributed by atoms with E-state index in [9.17, 15) is 4.79 Å². The van der Waals surface area contributed by atoms with E-state index in [1.807, 2.05) is 0 Å². The maximum absolute atomic E-state index is 10.9. The molecule has 0 saturated heterocycles. The van der Waals surface area contributed by atoms with Crippen LogP contribution in [-0.2, 0) is 10.3 Å². The van der Waals surface area contributed by atoms with Gasteiger partial charge in [-0.2, -0.15) is 0 Å². The van der Waals surface area contributed by atoms with Gasteiger partial charge >= 0.3 is 5.97 Å². The quantitative estimate of drug-likeness (QED) is 0.873. The highest BCUT2D eigenvalue weighted by molar-refractivity contribution is 9.10. The van der Waals surface area contributed by atoms with E-state index in [0.29, 0.717) is 15.1 Å². The molecule has 3 N–H and O–H groups in total. The second-order valence-corrected chi connectivity index (χ2v) is 4.52.